The number of sulfone groups is 1. The molecular formula is C18H13F4NO2S. The molecule has 0 N–H and O–H groups in total. The van der Waals surface area contributed by atoms with Crippen molar-refractivity contribution in [1.29, 1.82) is 0 Å². The highest BCUT2D eigenvalue weighted by Gasteiger charge is 2.39. The van der Waals surface area contributed by atoms with E-state index in [1.54, 1.807) is 0 Å². The smallest absolute Gasteiger partial charge is 0.228 e. The molecule has 2 aromatic rings. The van der Waals surface area contributed by atoms with E-state index in [-0.39, 0.29) is 16.0 Å². The van der Waals surface area contributed by atoms with Crippen molar-refractivity contribution in [3.63, 3.8) is 0 Å². The van der Waals surface area contributed by atoms with Crippen LogP contribution in [0.15, 0.2) is 65.2 Å². The summed E-state index contributed by atoms with van der Waals surface area (Å²) >= 11 is 0. The average molecular weight is 383 g/mol. The molecular weight excluding hydrogens is 370 g/mol. The van der Waals surface area contributed by atoms with Crippen LogP contribution in [-0.4, -0.2) is 25.8 Å². The second kappa shape index (κ2) is 6.35. The summed E-state index contributed by atoms with van der Waals surface area (Å²) in [5, 5.41) is 0. The van der Waals surface area contributed by atoms with Crippen molar-refractivity contribution >= 4 is 15.4 Å². The number of halogens is 4. The number of allylic oxidation sites excluding steroid dienone is 4. The molecule has 3 rings (SSSR count). The van der Waals surface area contributed by atoms with Crippen molar-refractivity contribution in [2.75, 3.05) is 6.26 Å². The SMILES string of the molecule is CS(=O)(=O)c1ccc(C2C=C(c3ccc(F)nc3)C(C(F)(F)F)=C2)cc1. The molecule has 0 saturated heterocycles. The third-order valence-corrected chi connectivity index (χ3v) is 5.15. The van der Waals surface area contributed by atoms with Gasteiger partial charge in [-0.25, -0.2) is 13.4 Å². The van der Waals surface area contributed by atoms with Crippen LogP contribution < -0.4 is 0 Å². The minimum Gasteiger partial charge on any atom is -0.228 e. The van der Waals surface area contributed by atoms with Crippen molar-refractivity contribution < 1.29 is 26.0 Å². The zero-order valence-corrected chi connectivity index (χ0v) is 14.3. The number of aromatic nitrogens is 1. The zero-order chi connectivity index (χ0) is 19.1. The minimum atomic E-state index is -4.58. The van der Waals surface area contributed by atoms with E-state index in [1.807, 2.05) is 0 Å². The fourth-order valence-electron chi connectivity index (χ4n) is 2.75. The van der Waals surface area contributed by atoms with Crippen LogP contribution in [0.3, 0.4) is 0 Å². The van der Waals surface area contributed by atoms with Gasteiger partial charge < -0.3 is 0 Å². The molecule has 1 heterocycles. The second-order valence-corrected chi connectivity index (χ2v) is 7.91. The second-order valence-electron chi connectivity index (χ2n) is 5.90. The monoisotopic (exact) mass is 383 g/mol. The Kier molecular flexibility index (Phi) is 4.47. The van der Waals surface area contributed by atoms with E-state index < -0.39 is 33.5 Å². The first-order valence-electron chi connectivity index (χ1n) is 7.49. The third kappa shape index (κ3) is 3.70. The number of nitrogens with zero attached hydrogens (tertiary/aromatic N) is 1. The molecule has 0 amide bonds. The van der Waals surface area contributed by atoms with Gasteiger partial charge in [-0.1, -0.05) is 24.3 Å². The summed E-state index contributed by atoms with van der Waals surface area (Å²) in [4.78, 5) is 3.50. The van der Waals surface area contributed by atoms with Crippen LogP contribution in [0.4, 0.5) is 17.6 Å². The number of hydrogen-bond donors (Lipinski definition) is 0. The van der Waals surface area contributed by atoms with Crippen LogP contribution in [0, 0.1) is 5.95 Å². The molecule has 0 saturated carbocycles. The van der Waals surface area contributed by atoms with E-state index in [0.29, 0.717) is 5.56 Å². The fraction of sp³-hybridized carbons (Fsp3) is 0.167. The van der Waals surface area contributed by atoms with Gasteiger partial charge in [0.05, 0.1) is 10.5 Å². The standard InChI is InChI=1S/C18H13F4NO2S/c1-26(24,25)14-5-2-11(3-6-14)13-8-15(16(9-13)18(20,21)22)12-4-7-17(19)23-10-12/h2-10,13H,1H3. The lowest BCUT2D eigenvalue weighted by Crippen LogP contribution is -2.12. The van der Waals surface area contributed by atoms with E-state index in [0.717, 1.165) is 24.6 Å². The summed E-state index contributed by atoms with van der Waals surface area (Å²) in [6.07, 6.45) is -0.00232. The topological polar surface area (TPSA) is 47.0 Å². The number of rotatable bonds is 3. The van der Waals surface area contributed by atoms with Crippen molar-refractivity contribution in [1.82, 2.24) is 4.98 Å². The van der Waals surface area contributed by atoms with Crippen LogP contribution in [0.1, 0.15) is 17.0 Å². The Balaban J connectivity index is 2.03. The van der Waals surface area contributed by atoms with Crippen molar-refractivity contribution in [3.8, 4) is 0 Å². The zero-order valence-electron chi connectivity index (χ0n) is 13.5. The Morgan fingerprint density at radius 2 is 1.65 bits per heavy atom. The predicted octanol–water partition coefficient (Wildman–Crippen LogP) is 4.29. The largest absolute Gasteiger partial charge is 0.416 e. The molecule has 0 fully saturated rings. The Hall–Kier alpha value is -2.48. The highest BCUT2D eigenvalue weighted by Crippen LogP contribution is 2.44. The van der Waals surface area contributed by atoms with E-state index in [9.17, 15) is 26.0 Å². The van der Waals surface area contributed by atoms with Gasteiger partial charge in [0.1, 0.15) is 0 Å². The molecule has 0 spiro atoms. The van der Waals surface area contributed by atoms with Gasteiger partial charge in [0.15, 0.2) is 9.84 Å². The van der Waals surface area contributed by atoms with Gasteiger partial charge >= 0.3 is 6.18 Å². The average Bonchev–Trinajstić information content (AvgIpc) is 3.00. The van der Waals surface area contributed by atoms with Crippen LogP contribution in [-0.2, 0) is 9.84 Å². The van der Waals surface area contributed by atoms with Gasteiger partial charge in [0.2, 0.25) is 5.95 Å². The molecule has 0 radical (unpaired) electrons. The summed E-state index contributed by atoms with van der Waals surface area (Å²) in [6, 6.07) is 7.91. The highest BCUT2D eigenvalue weighted by molar-refractivity contribution is 7.90. The van der Waals surface area contributed by atoms with Crippen molar-refractivity contribution in [3.05, 3.63) is 77.4 Å². The van der Waals surface area contributed by atoms with Crippen molar-refractivity contribution in [2.45, 2.75) is 17.0 Å². The number of alkyl halides is 3. The summed E-state index contributed by atoms with van der Waals surface area (Å²) in [6.45, 7) is 0. The lowest BCUT2D eigenvalue weighted by molar-refractivity contribution is -0.0870. The minimum absolute atomic E-state index is 0.0813. The van der Waals surface area contributed by atoms with E-state index in [4.69, 9.17) is 0 Å². The summed E-state index contributed by atoms with van der Waals surface area (Å²) in [7, 11) is -3.39. The first-order valence-corrected chi connectivity index (χ1v) is 9.38. The molecule has 8 heteroatoms. The molecule has 136 valence electrons. The Bertz CT molecular complexity index is 989. The summed E-state index contributed by atoms with van der Waals surface area (Å²) in [5.74, 6) is -1.46. The predicted molar refractivity (Wildman–Crippen MR) is 88.6 cm³/mol. The maximum Gasteiger partial charge on any atom is 0.416 e. The molecule has 1 aromatic carbocycles. The lowest BCUT2D eigenvalue weighted by Gasteiger charge is -2.12. The van der Waals surface area contributed by atoms with Crippen LogP contribution in [0.25, 0.3) is 5.57 Å². The molecule has 0 bridgehead atoms. The quantitative estimate of drug-likeness (QED) is 0.587. The molecule has 3 nitrogen and oxygen atoms in total. The first-order chi connectivity index (χ1) is 12.1. The highest BCUT2D eigenvalue weighted by atomic mass is 32.2. The molecule has 0 aliphatic heterocycles. The molecule has 1 aliphatic rings. The van der Waals surface area contributed by atoms with Gasteiger partial charge in [-0.05, 0) is 35.4 Å². The van der Waals surface area contributed by atoms with Crippen LogP contribution >= 0.6 is 0 Å². The van der Waals surface area contributed by atoms with Crippen LogP contribution in [0.5, 0.6) is 0 Å². The molecule has 26 heavy (non-hydrogen) atoms. The Morgan fingerprint density at radius 3 is 2.15 bits per heavy atom. The van der Waals surface area contributed by atoms with Crippen molar-refractivity contribution in [2.24, 2.45) is 0 Å². The number of pyridine rings is 1. The van der Waals surface area contributed by atoms with E-state index in [1.165, 1.54) is 36.4 Å². The van der Waals surface area contributed by atoms with Gasteiger partial charge in [-0.3, -0.25) is 0 Å². The Labute approximate surface area is 147 Å². The maximum atomic E-state index is 13.4. The maximum absolute atomic E-state index is 13.4. The molecule has 1 atom stereocenters. The normalized spacial score (nSPS) is 17.8. The van der Waals surface area contributed by atoms with Crippen LogP contribution in [0.2, 0.25) is 0 Å². The fourth-order valence-corrected chi connectivity index (χ4v) is 3.38. The molecule has 1 aromatic heterocycles. The van der Waals surface area contributed by atoms with Gasteiger partial charge in [0, 0.05) is 23.9 Å². The van der Waals surface area contributed by atoms with E-state index >= 15 is 0 Å². The van der Waals surface area contributed by atoms with E-state index in [2.05, 4.69) is 4.98 Å². The number of benzene rings is 1. The molecule has 1 aliphatic carbocycles. The van der Waals surface area contributed by atoms with Gasteiger partial charge in [-0.2, -0.15) is 17.6 Å². The molecule has 1 unspecified atom stereocenters. The summed E-state index contributed by atoms with van der Waals surface area (Å²) < 4.78 is 76.2. The first kappa shape index (κ1) is 18.3. The summed E-state index contributed by atoms with van der Waals surface area (Å²) in [5.41, 5.74) is -0.236. The van der Waals surface area contributed by atoms with Gasteiger partial charge in [0.25, 0.3) is 0 Å². The van der Waals surface area contributed by atoms with Gasteiger partial charge in [-0.15, -0.1) is 0 Å². The third-order valence-electron chi connectivity index (χ3n) is 4.02. The number of hydrogen-bond acceptors (Lipinski definition) is 3. The Morgan fingerprint density at radius 1 is 1.00 bits per heavy atom. The lowest BCUT2D eigenvalue weighted by atomic mass is 10.00.